The molecule has 0 aliphatic heterocycles. The highest BCUT2D eigenvalue weighted by Gasteiger charge is 2.39. The van der Waals surface area contributed by atoms with E-state index in [4.69, 9.17) is 16.3 Å². The summed E-state index contributed by atoms with van der Waals surface area (Å²) >= 11 is 9.09. The molecule has 1 aliphatic carbocycles. The third-order valence-electron chi connectivity index (χ3n) is 3.04. The van der Waals surface area contributed by atoms with Crippen molar-refractivity contribution in [3.8, 4) is 0 Å². The van der Waals surface area contributed by atoms with Crippen LogP contribution in [0.4, 0.5) is 0 Å². The molecular formula is C13H15BrClNO4S. The number of carbonyl (C=O) groups excluding carboxylic acids is 1. The number of sulfonamides is 1. The van der Waals surface area contributed by atoms with Crippen molar-refractivity contribution in [1.29, 1.82) is 0 Å². The Hall–Kier alpha value is -0.630. The van der Waals surface area contributed by atoms with Crippen LogP contribution in [0.2, 0.25) is 5.02 Å². The zero-order valence-corrected chi connectivity index (χ0v) is 14.5. The second-order valence-electron chi connectivity index (χ2n) is 4.66. The Morgan fingerprint density at radius 3 is 2.67 bits per heavy atom. The van der Waals surface area contributed by atoms with Crippen LogP contribution in [-0.4, -0.2) is 37.9 Å². The fourth-order valence-corrected chi connectivity index (χ4v) is 4.18. The first-order chi connectivity index (χ1) is 9.86. The maximum atomic E-state index is 12.7. The molecule has 116 valence electrons. The smallest absolute Gasteiger partial charge is 0.321 e. The van der Waals surface area contributed by atoms with Gasteiger partial charge in [0.1, 0.15) is 6.54 Å². The SMILES string of the molecule is CCOC(=O)CN(C1CC1)S(=O)(=O)c1ccc(Cl)c(Br)c1. The summed E-state index contributed by atoms with van der Waals surface area (Å²) in [5, 5.41) is 0.428. The van der Waals surface area contributed by atoms with Gasteiger partial charge in [0.2, 0.25) is 10.0 Å². The van der Waals surface area contributed by atoms with E-state index in [1.807, 2.05) is 0 Å². The van der Waals surface area contributed by atoms with Crippen LogP contribution in [0.1, 0.15) is 19.8 Å². The van der Waals surface area contributed by atoms with Crippen LogP contribution in [0.5, 0.6) is 0 Å². The average molecular weight is 397 g/mol. The number of benzene rings is 1. The predicted octanol–water partition coefficient (Wildman–Crippen LogP) is 2.82. The Kier molecular flexibility index (Phi) is 5.29. The van der Waals surface area contributed by atoms with Crippen LogP contribution in [-0.2, 0) is 19.6 Å². The van der Waals surface area contributed by atoms with Gasteiger partial charge >= 0.3 is 5.97 Å². The molecule has 0 saturated heterocycles. The molecule has 1 aliphatic rings. The number of halogens is 2. The summed E-state index contributed by atoms with van der Waals surface area (Å²) in [4.78, 5) is 11.7. The monoisotopic (exact) mass is 395 g/mol. The van der Waals surface area contributed by atoms with Gasteiger partial charge in [0.15, 0.2) is 0 Å². The second-order valence-corrected chi connectivity index (χ2v) is 7.81. The molecule has 0 heterocycles. The van der Waals surface area contributed by atoms with Gasteiger partial charge in [-0.05, 0) is 53.9 Å². The van der Waals surface area contributed by atoms with Crippen LogP contribution >= 0.6 is 27.5 Å². The van der Waals surface area contributed by atoms with Gasteiger partial charge in [0, 0.05) is 10.5 Å². The number of rotatable bonds is 6. The zero-order chi connectivity index (χ0) is 15.6. The highest BCUT2D eigenvalue weighted by molar-refractivity contribution is 9.10. The number of ether oxygens (including phenoxy) is 1. The van der Waals surface area contributed by atoms with E-state index in [9.17, 15) is 13.2 Å². The Labute approximate surface area is 137 Å². The van der Waals surface area contributed by atoms with Crippen LogP contribution < -0.4 is 0 Å². The molecule has 8 heteroatoms. The molecule has 0 bridgehead atoms. The first kappa shape index (κ1) is 16.7. The van der Waals surface area contributed by atoms with Crippen molar-refractivity contribution in [2.45, 2.75) is 30.7 Å². The maximum absolute atomic E-state index is 12.7. The standard InChI is InChI=1S/C13H15BrClNO4S/c1-2-20-13(17)8-16(9-3-4-9)21(18,19)10-5-6-12(15)11(14)7-10/h5-7,9H,2-4,8H2,1H3. The lowest BCUT2D eigenvalue weighted by Crippen LogP contribution is -2.38. The van der Waals surface area contributed by atoms with Gasteiger partial charge in [-0.3, -0.25) is 4.79 Å². The van der Waals surface area contributed by atoms with Gasteiger partial charge in [-0.15, -0.1) is 0 Å². The van der Waals surface area contributed by atoms with Crippen LogP contribution in [0, 0.1) is 0 Å². The fourth-order valence-electron chi connectivity index (χ4n) is 1.88. The Morgan fingerprint density at radius 2 is 2.14 bits per heavy atom. The van der Waals surface area contributed by atoms with Crippen molar-refractivity contribution >= 4 is 43.5 Å². The van der Waals surface area contributed by atoms with E-state index in [0.29, 0.717) is 9.50 Å². The van der Waals surface area contributed by atoms with E-state index < -0.39 is 16.0 Å². The Balaban J connectivity index is 2.29. The third kappa shape index (κ3) is 3.97. The van der Waals surface area contributed by atoms with Crippen LogP contribution in [0.25, 0.3) is 0 Å². The molecule has 1 aromatic carbocycles. The minimum atomic E-state index is -3.75. The molecule has 2 rings (SSSR count). The molecule has 1 saturated carbocycles. The van der Waals surface area contributed by atoms with Crippen molar-refractivity contribution in [2.75, 3.05) is 13.2 Å². The van der Waals surface area contributed by atoms with E-state index in [2.05, 4.69) is 15.9 Å². The van der Waals surface area contributed by atoms with Crippen molar-refractivity contribution in [3.05, 3.63) is 27.7 Å². The van der Waals surface area contributed by atoms with Crippen molar-refractivity contribution < 1.29 is 17.9 Å². The van der Waals surface area contributed by atoms with E-state index in [1.165, 1.54) is 22.5 Å². The van der Waals surface area contributed by atoms with Crippen LogP contribution in [0.3, 0.4) is 0 Å². The summed E-state index contributed by atoms with van der Waals surface area (Å²) in [6.07, 6.45) is 1.51. The molecule has 0 aromatic heterocycles. The summed E-state index contributed by atoms with van der Waals surface area (Å²) in [6, 6.07) is 4.25. The zero-order valence-electron chi connectivity index (χ0n) is 11.4. The average Bonchev–Trinajstić information content (AvgIpc) is 3.23. The summed E-state index contributed by atoms with van der Waals surface area (Å²) in [6.45, 7) is 1.65. The van der Waals surface area contributed by atoms with Gasteiger partial charge in [-0.2, -0.15) is 4.31 Å². The lowest BCUT2D eigenvalue weighted by molar-refractivity contribution is -0.143. The highest BCUT2D eigenvalue weighted by Crippen LogP contribution is 2.33. The first-order valence-electron chi connectivity index (χ1n) is 6.48. The first-order valence-corrected chi connectivity index (χ1v) is 9.10. The molecule has 0 radical (unpaired) electrons. The van der Waals surface area contributed by atoms with E-state index in [1.54, 1.807) is 6.92 Å². The molecule has 0 unspecified atom stereocenters. The lowest BCUT2D eigenvalue weighted by atomic mass is 10.4. The summed E-state index contributed by atoms with van der Waals surface area (Å²) < 4.78 is 31.9. The van der Waals surface area contributed by atoms with Gasteiger partial charge < -0.3 is 4.74 Å². The quantitative estimate of drug-likeness (QED) is 0.694. The molecule has 0 atom stereocenters. The molecule has 5 nitrogen and oxygen atoms in total. The second kappa shape index (κ2) is 6.64. The topological polar surface area (TPSA) is 63.7 Å². The third-order valence-corrected chi connectivity index (χ3v) is 6.15. The minimum absolute atomic E-state index is 0.106. The van der Waals surface area contributed by atoms with Crippen LogP contribution in [0.15, 0.2) is 27.6 Å². The molecule has 0 amide bonds. The van der Waals surface area contributed by atoms with Gasteiger partial charge in [0.25, 0.3) is 0 Å². The lowest BCUT2D eigenvalue weighted by Gasteiger charge is -2.21. The number of esters is 1. The normalized spacial score (nSPS) is 15.2. The predicted molar refractivity (Wildman–Crippen MR) is 82.7 cm³/mol. The van der Waals surface area contributed by atoms with Crippen molar-refractivity contribution in [1.82, 2.24) is 4.31 Å². The molecular weight excluding hydrogens is 382 g/mol. The number of hydrogen-bond donors (Lipinski definition) is 0. The maximum Gasteiger partial charge on any atom is 0.321 e. The number of nitrogens with zero attached hydrogens (tertiary/aromatic N) is 1. The summed E-state index contributed by atoms with van der Waals surface area (Å²) in [7, 11) is -3.75. The van der Waals surface area contributed by atoms with Crippen molar-refractivity contribution in [3.63, 3.8) is 0 Å². The van der Waals surface area contributed by atoms with E-state index in [0.717, 1.165) is 12.8 Å². The molecule has 1 aromatic rings. The summed E-state index contributed by atoms with van der Waals surface area (Å²) in [5.41, 5.74) is 0. The Morgan fingerprint density at radius 1 is 1.48 bits per heavy atom. The van der Waals surface area contributed by atoms with Gasteiger partial charge in [-0.1, -0.05) is 11.6 Å². The molecule has 1 fully saturated rings. The van der Waals surface area contributed by atoms with Crippen molar-refractivity contribution in [2.24, 2.45) is 0 Å². The fraction of sp³-hybridized carbons (Fsp3) is 0.462. The largest absolute Gasteiger partial charge is 0.465 e. The Bertz CT molecular complexity index is 646. The number of hydrogen-bond acceptors (Lipinski definition) is 4. The van der Waals surface area contributed by atoms with Gasteiger partial charge in [-0.25, -0.2) is 8.42 Å². The van der Waals surface area contributed by atoms with E-state index >= 15 is 0 Å². The summed E-state index contributed by atoms with van der Waals surface area (Å²) in [5.74, 6) is -0.541. The highest BCUT2D eigenvalue weighted by atomic mass is 79.9. The van der Waals surface area contributed by atoms with E-state index in [-0.39, 0.29) is 24.1 Å². The molecule has 21 heavy (non-hydrogen) atoms. The number of carbonyl (C=O) groups is 1. The molecule has 0 spiro atoms. The van der Waals surface area contributed by atoms with Gasteiger partial charge in [0.05, 0.1) is 16.5 Å². The molecule has 0 N–H and O–H groups in total. The minimum Gasteiger partial charge on any atom is -0.465 e.